The summed E-state index contributed by atoms with van der Waals surface area (Å²) in [5.74, 6) is 0.729. The van der Waals surface area contributed by atoms with Gasteiger partial charge in [-0.1, -0.05) is 30.3 Å². The predicted octanol–water partition coefficient (Wildman–Crippen LogP) is 3.74. The van der Waals surface area contributed by atoms with E-state index in [-0.39, 0.29) is 18.4 Å². The predicted molar refractivity (Wildman–Crippen MR) is 98.5 cm³/mol. The van der Waals surface area contributed by atoms with Crippen LogP contribution < -0.4 is 10.1 Å². The molecule has 0 saturated carbocycles. The maximum absolute atomic E-state index is 12.4. The van der Waals surface area contributed by atoms with Gasteiger partial charge in [0.2, 0.25) is 0 Å². The standard InChI is InChI=1S/C19H22BrNO3/c1-24-16-7-8-18(20)17(13-16)19(23)21-11-9-15(10-12-22)14-5-3-2-4-6-14/h2-8,13,15,22H,9-12H2,1H3,(H,21,23)/t15-/m1/s1. The molecule has 0 spiro atoms. The lowest BCUT2D eigenvalue weighted by Crippen LogP contribution is -2.26. The first kappa shape index (κ1) is 18.5. The average Bonchev–Trinajstić information content (AvgIpc) is 2.62. The Balaban J connectivity index is 1.96. The highest BCUT2D eigenvalue weighted by Crippen LogP contribution is 2.24. The number of rotatable bonds is 8. The molecule has 0 aliphatic rings. The van der Waals surface area contributed by atoms with Gasteiger partial charge in [-0.25, -0.2) is 0 Å². The zero-order chi connectivity index (χ0) is 17.4. The Morgan fingerprint density at radius 1 is 1.21 bits per heavy atom. The van der Waals surface area contributed by atoms with E-state index in [1.165, 1.54) is 5.56 Å². The number of amides is 1. The van der Waals surface area contributed by atoms with E-state index in [2.05, 4.69) is 33.4 Å². The summed E-state index contributed by atoms with van der Waals surface area (Å²) in [5, 5.41) is 12.2. The number of aliphatic hydroxyl groups is 1. The molecular weight excluding hydrogens is 370 g/mol. The minimum Gasteiger partial charge on any atom is -0.497 e. The van der Waals surface area contributed by atoms with Crippen LogP contribution in [0.1, 0.15) is 34.7 Å². The summed E-state index contributed by atoms with van der Waals surface area (Å²) in [5.41, 5.74) is 1.73. The van der Waals surface area contributed by atoms with E-state index >= 15 is 0 Å². The summed E-state index contributed by atoms with van der Waals surface area (Å²) < 4.78 is 5.90. The maximum Gasteiger partial charge on any atom is 0.252 e. The fraction of sp³-hybridized carbons (Fsp3) is 0.316. The van der Waals surface area contributed by atoms with Gasteiger partial charge >= 0.3 is 0 Å². The van der Waals surface area contributed by atoms with Gasteiger partial charge in [0.25, 0.3) is 5.91 Å². The normalized spacial score (nSPS) is 11.8. The number of benzene rings is 2. The van der Waals surface area contributed by atoms with Crippen molar-refractivity contribution in [3.8, 4) is 5.75 Å². The molecule has 2 rings (SSSR count). The second kappa shape index (κ2) is 9.45. The van der Waals surface area contributed by atoms with Crippen LogP contribution in [-0.2, 0) is 0 Å². The van der Waals surface area contributed by atoms with Crippen molar-refractivity contribution in [2.45, 2.75) is 18.8 Å². The maximum atomic E-state index is 12.4. The van der Waals surface area contributed by atoms with Crippen molar-refractivity contribution in [2.75, 3.05) is 20.3 Å². The van der Waals surface area contributed by atoms with Crippen LogP contribution in [0.25, 0.3) is 0 Å². The zero-order valence-corrected chi connectivity index (χ0v) is 15.3. The number of nitrogens with one attached hydrogen (secondary N) is 1. The molecule has 0 unspecified atom stereocenters. The van der Waals surface area contributed by atoms with Gasteiger partial charge in [-0.2, -0.15) is 0 Å². The smallest absolute Gasteiger partial charge is 0.252 e. The van der Waals surface area contributed by atoms with Crippen molar-refractivity contribution in [2.24, 2.45) is 0 Å². The Morgan fingerprint density at radius 3 is 2.62 bits per heavy atom. The number of carbonyl (C=O) groups is 1. The largest absolute Gasteiger partial charge is 0.497 e. The van der Waals surface area contributed by atoms with Crippen LogP contribution in [0.4, 0.5) is 0 Å². The van der Waals surface area contributed by atoms with E-state index < -0.39 is 0 Å². The molecule has 4 nitrogen and oxygen atoms in total. The topological polar surface area (TPSA) is 58.6 Å². The van der Waals surface area contributed by atoms with Crippen molar-refractivity contribution in [3.05, 3.63) is 64.1 Å². The van der Waals surface area contributed by atoms with Crippen LogP contribution in [0.15, 0.2) is 53.0 Å². The van der Waals surface area contributed by atoms with Crippen molar-refractivity contribution >= 4 is 21.8 Å². The Hall–Kier alpha value is -1.85. The summed E-state index contributed by atoms with van der Waals surface area (Å²) in [6, 6.07) is 15.4. The Labute approximate surface area is 151 Å². The molecule has 0 heterocycles. The van der Waals surface area contributed by atoms with Crippen molar-refractivity contribution in [1.82, 2.24) is 5.32 Å². The number of methoxy groups -OCH3 is 1. The SMILES string of the molecule is COc1ccc(Br)c(C(=O)NCC[C@H](CCO)c2ccccc2)c1. The molecule has 1 atom stereocenters. The third-order valence-corrected chi connectivity index (χ3v) is 4.64. The van der Waals surface area contributed by atoms with E-state index in [0.29, 0.717) is 24.3 Å². The Bertz CT molecular complexity index is 661. The summed E-state index contributed by atoms with van der Waals surface area (Å²) in [6.07, 6.45) is 1.46. The number of halogens is 1. The number of hydrogen-bond acceptors (Lipinski definition) is 3. The first-order valence-corrected chi connectivity index (χ1v) is 8.72. The Morgan fingerprint density at radius 2 is 1.96 bits per heavy atom. The van der Waals surface area contributed by atoms with Crippen LogP contribution in [0.3, 0.4) is 0 Å². The minimum atomic E-state index is -0.142. The third kappa shape index (κ3) is 5.08. The van der Waals surface area contributed by atoms with Crippen LogP contribution in [0.2, 0.25) is 0 Å². The monoisotopic (exact) mass is 391 g/mol. The molecule has 2 N–H and O–H groups in total. The summed E-state index contributed by atoms with van der Waals surface area (Å²) in [4.78, 5) is 12.4. The summed E-state index contributed by atoms with van der Waals surface area (Å²) >= 11 is 3.39. The van der Waals surface area contributed by atoms with Crippen molar-refractivity contribution in [1.29, 1.82) is 0 Å². The van der Waals surface area contributed by atoms with Gasteiger partial charge in [0.15, 0.2) is 0 Å². The van der Waals surface area contributed by atoms with Gasteiger partial charge in [0.1, 0.15) is 5.75 Å². The number of ether oxygens (including phenoxy) is 1. The van der Waals surface area contributed by atoms with Crippen LogP contribution in [0, 0.1) is 0 Å². The minimum absolute atomic E-state index is 0.134. The molecule has 2 aromatic carbocycles. The van der Waals surface area contributed by atoms with Crippen LogP contribution in [0.5, 0.6) is 5.75 Å². The lowest BCUT2D eigenvalue weighted by atomic mass is 9.93. The fourth-order valence-corrected chi connectivity index (χ4v) is 3.05. The first-order chi connectivity index (χ1) is 11.7. The zero-order valence-electron chi connectivity index (χ0n) is 13.7. The third-order valence-electron chi connectivity index (χ3n) is 3.95. The van der Waals surface area contributed by atoms with Gasteiger partial charge < -0.3 is 15.2 Å². The van der Waals surface area contributed by atoms with Gasteiger partial charge in [-0.05, 0) is 58.5 Å². The molecule has 0 aliphatic carbocycles. The van der Waals surface area contributed by atoms with Gasteiger partial charge in [-0.3, -0.25) is 4.79 Å². The summed E-state index contributed by atoms with van der Waals surface area (Å²) in [6.45, 7) is 0.678. The molecule has 0 aromatic heterocycles. The molecule has 128 valence electrons. The molecule has 24 heavy (non-hydrogen) atoms. The van der Waals surface area contributed by atoms with Crippen LogP contribution >= 0.6 is 15.9 Å². The molecule has 0 saturated heterocycles. The van der Waals surface area contributed by atoms with E-state index in [1.54, 1.807) is 25.3 Å². The average molecular weight is 392 g/mol. The number of aliphatic hydroxyl groups excluding tert-OH is 1. The molecule has 0 aliphatic heterocycles. The van der Waals surface area contributed by atoms with Crippen LogP contribution in [-0.4, -0.2) is 31.3 Å². The van der Waals surface area contributed by atoms with Gasteiger partial charge in [0, 0.05) is 17.6 Å². The van der Waals surface area contributed by atoms with Gasteiger partial charge in [0.05, 0.1) is 12.7 Å². The Kier molecular flexibility index (Phi) is 7.28. The molecule has 1 amide bonds. The molecule has 2 aromatic rings. The molecular formula is C19H22BrNO3. The fourth-order valence-electron chi connectivity index (χ4n) is 2.62. The van der Waals surface area contributed by atoms with E-state index in [4.69, 9.17) is 4.74 Å². The molecule has 0 radical (unpaired) electrons. The second-order valence-corrected chi connectivity index (χ2v) is 6.36. The lowest BCUT2D eigenvalue weighted by molar-refractivity contribution is 0.0951. The van der Waals surface area contributed by atoms with E-state index in [9.17, 15) is 9.90 Å². The summed E-state index contributed by atoms with van der Waals surface area (Å²) in [7, 11) is 1.57. The van der Waals surface area contributed by atoms with Crippen molar-refractivity contribution in [3.63, 3.8) is 0 Å². The highest BCUT2D eigenvalue weighted by Gasteiger charge is 2.14. The molecule has 0 fully saturated rings. The van der Waals surface area contributed by atoms with E-state index in [1.807, 2.05) is 18.2 Å². The molecule has 0 bridgehead atoms. The quantitative estimate of drug-likeness (QED) is 0.720. The molecule has 5 heteroatoms. The highest BCUT2D eigenvalue weighted by atomic mass is 79.9. The lowest BCUT2D eigenvalue weighted by Gasteiger charge is -2.17. The van der Waals surface area contributed by atoms with Gasteiger partial charge in [-0.15, -0.1) is 0 Å². The second-order valence-electron chi connectivity index (χ2n) is 5.51. The number of carbonyl (C=O) groups excluding carboxylic acids is 1. The first-order valence-electron chi connectivity index (χ1n) is 7.93. The number of hydrogen-bond donors (Lipinski definition) is 2. The van der Waals surface area contributed by atoms with E-state index in [0.717, 1.165) is 10.9 Å². The highest BCUT2D eigenvalue weighted by molar-refractivity contribution is 9.10. The van der Waals surface area contributed by atoms with Crippen molar-refractivity contribution < 1.29 is 14.6 Å².